The van der Waals surface area contributed by atoms with Crippen molar-refractivity contribution in [2.45, 2.75) is 44.7 Å². The van der Waals surface area contributed by atoms with E-state index in [0.29, 0.717) is 6.42 Å². The lowest BCUT2D eigenvalue weighted by Gasteiger charge is -2.18. The van der Waals surface area contributed by atoms with Gasteiger partial charge in [0, 0.05) is 41.1 Å². The third kappa shape index (κ3) is 3.73. The minimum Gasteiger partial charge on any atom is -0.369 e. The summed E-state index contributed by atoms with van der Waals surface area (Å²) in [7, 11) is 0. The Balaban J connectivity index is 1.50. The maximum absolute atomic E-state index is 12.1. The first-order valence-electron chi connectivity index (χ1n) is 8.37. The lowest BCUT2D eigenvalue weighted by molar-refractivity contribution is -0.124. The number of nitrogens with zero attached hydrogens (tertiary/aromatic N) is 1. The van der Waals surface area contributed by atoms with Gasteiger partial charge in [0.25, 0.3) is 0 Å². The fraction of sp³-hybridized carbons (Fsp3) is 0.444. The van der Waals surface area contributed by atoms with Gasteiger partial charge in [0.15, 0.2) is 0 Å². The van der Waals surface area contributed by atoms with Gasteiger partial charge >= 0.3 is 0 Å². The molecule has 128 valence electrons. The van der Waals surface area contributed by atoms with E-state index in [0.717, 1.165) is 48.2 Å². The van der Waals surface area contributed by atoms with Crippen molar-refractivity contribution in [1.82, 2.24) is 9.88 Å². The Morgan fingerprint density at radius 2 is 2.12 bits per heavy atom. The summed E-state index contributed by atoms with van der Waals surface area (Å²) >= 11 is 5.99. The molecule has 0 radical (unpaired) electrons. The quantitative estimate of drug-likeness (QED) is 0.842. The molecule has 6 heteroatoms. The van der Waals surface area contributed by atoms with Crippen LogP contribution in [-0.4, -0.2) is 22.4 Å². The molecule has 2 amide bonds. The van der Waals surface area contributed by atoms with E-state index in [9.17, 15) is 9.59 Å². The van der Waals surface area contributed by atoms with Crippen LogP contribution in [0.25, 0.3) is 10.9 Å². The smallest absolute Gasteiger partial charge is 0.222 e. The second kappa shape index (κ2) is 7.26. The molecule has 0 saturated heterocycles. The van der Waals surface area contributed by atoms with Crippen LogP contribution in [0, 0.1) is 5.92 Å². The summed E-state index contributed by atoms with van der Waals surface area (Å²) in [5.41, 5.74) is 6.50. The Hall–Kier alpha value is -2.01. The molecule has 0 unspecified atom stereocenters. The highest BCUT2D eigenvalue weighted by Gasteiger charge is 2.32. The summed E-state index contributed by atoms with van der Waals surface area (Å²) < 4.78 is 2.13. The molecule has 3 N–H and O–H groups in total. The molecule has 5 nitrogen and oxygen atoms in total. The van der Waals surface area contributed by atoms with Crippen molar-refractivity contribution in [3.05, 3.63) is 35.5 Å². The van der Waals surface area contributed by atoms with Crippen molar-refractivity contribution in [3.63, 3.8) is 0 Å². The molecule has 1 aliphatic carbocycles. The average molecular weight is 348 g/mol. The van der Waals surface area contributed by atoms with Gasteiger partial charge in [-0.2, -0.15) is 0 Å². The Morgan fingerprint density at radius 3 is 2.92 bits per heavy atom. The molecule has 1 aromatic carbocycles. The van der Waals surface area contributed by atoms with Gasteiger partial charge in [0.05, 0.1) is 5.92 Å². The molecular weight excluding hydrogens is 326 g/mol. The minimum atomic E-state index is -0.310. The summed E-state index contributed by atoms with van der Waals surface area (Å²) in [6.45, 7) is 0.766. The molecule has 0 aliphatic heterocycles. The number of benzene rings is 1. The standard InChI is InChI=1S/C18H22ClN3O2/c19-13-6-7-16-12(11-13)8-10-22(16)9-2-5-17(23)21-15-4-1-3-14(15)18(20)24/h6-8,10-11,14-15H,1-5,9H2,(H2,20,24)(H,21,23)/t14-,15+/m0/s1. The first-order chi connectivity index (χ1) is 11.5. The minimum absolute atomic E-state index is 0.00680. The third-order valence-corrected chi connectivity index (χ3v) is 5.00. The largest absolute Gasteiger partial charge is 0.369 e. The van der Waals surface area contributed by atoms with Crippen LogP contribution in [0.15, 0.2) is 30.5 Å². The predicted octanol–water partition coefficient (Wildman–Crippen LogP) is 2.85. The van der Waals surface area contributed by atoms with Crippen LogP contribution < -0.4 is 11.1 Å². The van der Waals surface area contributed by atoms with E-state index in [2.05, 4.69) is 9.88 Å². The molecular formula is C18H22ClN3O2. The number of hydrogen-bond acceptors (Lipinski definition) is 2. The Bertz CT molecular complexity index is 756. The molecule has 2 atom stereocenters. The molecule has 2 aromatic rings. The molecule has 0 spiro atoms. The number of halogens is 1. The van der Waals surface area contributed by atoms with Crippen molar-refractivity contribution in [2.24, 2.45) is 11.7 Å². The van der Waals surface area contributed by atoms with Crippen LogP contribution in [0.2, 0.25) is 5.02 Å². The van der Waals surface area contributed by atoms with Crippen LogP contribution in [0.5, 0.6) is 0 Å². The number of aromatic nitrogens is 1. The van der Waals surface area contributed by atoms with Gasteiger partial charge in [0.1, 0.15) is 0 Å². The topological polar surface area (TPSA) is 77.1 Å². The highest BCUT2D eigenvalue weighted by Crippen LogP contribution is 2.25. The fourth-order valence-electron chi connectivity index (χ4n) is 3.53. The Labute approximate surface area is 146 Å². The highest BCUT2D eigenvalue weighted by atomic mass is 35.5. The summed E-state index contributed by atoms with van der Waals surface area (Å²) in [6.07, 6.45) is 5.75. The van der Waals surface area contributed by atoms with E-state index in [-0.39, 0.29) is 23.8 Å². The van der Waals surface area contributed by atoms with E-state index in [1.54, 1.807) is 0 Å². The third-order valence-electron chi connectivity index (χ3n) is 4.76. The molecule has 1 aliphatic rings. The van der Waals surface area contributed by atoms with E-state index in [1.165, 1.54) is 0 Å². The van der Waals surface area contributed by atoms with E-state index >= 15 is 0 Å². The lowest BCUT2D eigenvalue weighted by atomic mass is 10.0. The van der Waals surface area contributed by atoms with Gasteiger partial charge in [-0.25, -0.2) is 0 Å². The zero-order chi connectivity index (χ0) is 17.1. The summed E-state index contributed by atoms with van der Waals surface area (Å²) in [6, 6.07) is 7.73. The van der Waals surface area contributed by atoms with Crippen LogP contribution in [0.1, 0.15) is 32.1 Å². The number of nitrogens with one attached hydrogen (secondary N) is 1. The normalized spacial score (nSPS) is 20.4. The molecule has 0 bridgehead atoms. The second-order valence-corrected chi connectivity index (χ2v) is 6.87. The number of hydrogen-bond donors (Lipinski definition) is 2. The number of amides is 2. The van der Waals surface area contributed by atoms with Crippen molar-refractivity contribution in [3.8, 4) is 0 Å². The maximum atomic E-state index is 12.1. The number of nitrogens with two attached hydrogens (primary N) is 1. The Kier molecular flexibility index (Phi) is 5.09. The monoisotopic (exact) mass is 347 g/mol. The van der Waals surface area contributed by atoms with Crippen LogP contribution in [0.4, 0.5) is 0 Å². The van der Waals surface area contributed by atoms with Crippen LogP contribution in [-0.2, 0) is 16.1 Å². The maximum Gasteiger partial charge on any atom is 0.222 e. The summed E-state index contributed by atoms with van der Waals surface area (Å²) in [4.78, 5) is 23.5. The number of carbonyl (C=O) groups excluding carboxylic acids is 2. The van der Waals surface area contributed by atoms with Gasteiger partial charge in [-0.1, -0.05) is 18.0 Å². The van der Waals surface area contributed by atoms with Gasteiger partial charge in [0.2, 0.25) is 11.8 Å². The van der Waals surface area contributed by atoms with Gasteiger partial charge in [-0.05, 0) is 43.5 Å². The predicted molar refractivity (Wildman–Crippen MR) is 94.6 cm³/mol. The van der Waals surface area contributed by atoms with Crippen molar-refractivity contribution in [1.29, 1.82) is 0 Å². The second-order valence-electron chi connectivity index (χ2n) is 6.43. The summed E-state index contributed by atoms with van der Waals surface area (Å²) in [5.74, 6) is -0.532. The first-order valence-corrected chi connectivity index (χ1v) is 8.75. The zero-order valence-electron chi connectivity index (χ0n) is 13.5. The zero-order valence-corrected chi connectivity index (χ0v) is 14.3. The van der Waals surface area contributed by atoms with Gasteiger partial charge in [-0.15, -0.1) is 0 Å². The van der Waals surface area contributed by atoms with Crippen LogP contribution >= 0.6 is 11.6 Å². The molecule has 3 rings (SSSR count). The van der Waals surface area contributed by atoms with Gasteiger partial charge < -0.3 is 15.6 Å². The molecule has 24 heavy (non-hydrogen) atoms. The summed E-state index contributed by atoms with van der Waals surface area (Å²) in [5, 5.41) is 4.79. The average Bonchev–Trinajstić information content (AvgIpc) is 3.14. The van der Waals surface area contributed by atoms with E-state index in [4.69, 9.17) is 17.3 Å². The van der Waals surface area contributed by atoms with E-state index < -0.39 is 0 Å². The van der Waals surface area contributed by atoms with Crippen molar-refractivity contribution < 1.29 is 9.59 Å². The molecule has 1 aromatic heterocycles. The van der Waals surface area contributed by atoms with Gasteiger partial charge in [-0.3, -0.25) is 9.59 Å². The molecule has 1 heterocycles. The van der Waals surface area contributed by atoms with Crippen molar-refractivity contribution in [2.75, 3.05) is 0 Å². The number of carbonyl (C=O) groups is 2. The number of rotatable bonds is 6. The van der Waals surface area contributed by atoms with Crippen LogP contribution in [0.3, 0.4) is 0 Å². The highest BCUT2D eigenvalue weighted by molar-refractivity contribution is 6.31. The van der Waals surface area contributed by atoms with Crippen molar-refractivity contribution >= 4 is 34.3 Å². The number of fused-ring (bicyclic) bond motifs is 1. The number of primary amides is 1. The number of aryl methyl sites for hydroxylation is 1. The fourth-order valence-corrected chi connectivity index (χ4v) is 3.71. The Morgan fingerprint density at radius 1 is 1.29 bits per heavy atom. The SMILES string of the molecule is NC(=O)[C@H]1CCC[C@H]1NC(=O)CCCn1ccc2cc(Cl)ccc21. The first kappa shape index (κ1) is 16.8. The molecule has 1 saturated carbocycles. The lowest BCUT2D eigenvalue weighted by Crippen LogP contribution is -2.42. The van der Waals surface area contributed by atoms with E-state index in [1.807, 2.05) is 30.5 Å². The molecule has 1 fully saturated rings.